The lowest BCUT2D eigenvalue weighted by Gasteiger charge is -2.31. The van der Waals surface area contributed by atoms with E-state index in [-0.39, 0.29) is 4.90 Å². The van der Waals surface area contributed by atoms with Crippen LogP contribution in [0.15, 0.2) is 23.1 Å². The highest BCUT2D eigenvalue weighted by Gasteiger charge is 2.24. The number of anilines is 2. The molecule has 0 bridgehead atoms. The average molecular weight is 315 g/mol. The summed E-state index contributed by atoms with van der Waals surface area (Å²) in [5.74, 6) is 0. The zero-order valence-electron chi connectivity index (χ0n) is 11.5. The summed E-state index contributed by atoms with van der Waals surface area (Å²) in [6.07, 6.45) is 6.83. The van der Waals surface area contributed by atoms with Gasteiger partial charge in [0.05, 0.1) is 4.90 Å². The molecule has 0 spiro atoms. The van der Waals surface area contributed by atoms with E-state index in [9.17, 15) is 8.42 Å². The van der Waals surface area contributed by atoms with E-state index < -0.39 is 10.0 Å². The quantitative estimate of drug-likeness (QED) is 0.738. The minimum absolute atomic E-state index is 0.0523. The van der Waals surface area contributed by atoms with E-state index in [1.165, 1.54) is 25.3 Å². The third kappa shape index (κ3) is 3.80. The molecular formula is C13H21N3O2S2. The molecule has 1 aliphatic rings. The Labute approximate surface area is 124 Å². The molecular weight excluding hydrogens is 294 g/mol. The molecule has 1 saturated carbocycles. The molecule has 7 heteroatoms. The van der Waals surface area contributed by atoms with Crippen molar-refractivity contribution in [1.29, 1.82) is 0 Å². The van der Waals surface area contributed by atoms with Crippen LogP contribution >= 0.6 is 11.8 Å². The summed E-state index contributed by atoms with van der Waals surface area (Å²) >= 11 is 1.85. The van der Waals surface area contributed by atoms with Crippen LogP contribution < -0.4 is 16.2 Å². The third-order valence-electron chi connectivity index (χ3n) is 3.61. The number of primary sulfonamides is 1. The Balaban J connectivity index is 2.22. The fourth-order valence-electron chi connectivity index (χ4n) is 2.63. The van der Waals surface area contributed by atoms with Crippen LogP contribution in [0.1, 0.15) is 25.7 Å². The molecule has 5 nitrogen and oxygen atoms in total. The van der Waals surface area contributed by atoms with E-state index >= 15 is 0 Å². The Hall–Kier alpha value is -0.920. The van der Waals surface area contributed by atoms with E-state index in [1.54, 1.807) is 12.1 Å². The lowest BCUT2D eigenvalue weighted by Crippen LogP contribution is -2.34. The molecule has 20 heavy (non-hydrogen) atoms. The maximum Gasteiger partial charge on any atom is 0.238 e. The highest BCUT2D eigenvalue weighted by Crippen LogP contribution is 2.30. The van der Waals surface area contributed by atoms with Gasteiger partial charge in [-0.1, -0.05) is 12.8 Å². The van der Waals surface area contributed by atoms with Crippen LogP contribution in [0, 0.1) is 0 Å². The molecule has 0 amide bonds. The molecule has 0 saturated heterocycles. The fourth-order valence-corrected chi connectivity index (χ4v) is 4.15. The van der Waals surface area contributed by atoms with Gasteiger partial charge < -0.3 is 11.1 Å². The van der Waals surface area contributed by atoms with Gasteiger partial charge in [-0.2, -0.15) is 11.8 Å². The highest BCUT2D eigenvalue weighted by molar-refractivity contribution is 7.99. The average Bonchev–Trinajstić information content (AvgIpc) is 2.37. The van der Waals surface area contributed by atoms with Gasteiger partial charge in [-0.05, 0) is 37.3 Å². The molecule has 0 aliphatic heterocycles. The van der Waals surface area contributed by atoms with Gasteiger partial charge in [0.1, 0.15) is 0 Å². The Morgan fingerprint density at radius 2 is 1.95 bits per heavy atom. The number of nitrogen functional groups attached to an aromatic ring is 1. The van der Waals surface area contributed by atoms with Gasteiger partial charge in [-0.3, -0.25) is 0 Å². The molecule has 2 unspecified atom stereocenters. The molecule has 0 heterocycles. The normalized spacial score (nSPS) is 23.5. The van der Waals surface area contributed by atoms with Crippen molar-refractivity contribution in [2.75, 3.05) is 17.3 Å². The second-order valence-corrected chi connectivity index (χ2v) is 7.78. The van der Waals surface area contributed by atoms with E-state index in [0.717, 1.165) is 12.1 Å². The Morgan fingerprint density at radius 1 is 1.25 bits per heavy atom. The minimum atomic E-state index is -3.73. The maximum absolute atomic E-state index is 11.4. The molecule has 0 aromatic heterocycles. The summed E-state index contributed by atoms with van der Waals surface area (Å²) in [5, 5.41) is 9.12. The summed E-state index contributed by atoms with van der Waals surface area (Å²) in [6.45, 7) is 0. The van der Waals surface area contributed by atoms with Crippen molar-refractivity contribution in [1.82, 2.24) is 0 Å². The predicted molar refractivity (Wildman–Crippen MR) is 85.4 cm³/mol. The Morgan fingerprint density at radius 3 is 2.60 bits per heavy atom. The number of thioether (sulfide) groups is 1. The van der Waals surface area contributed by atoms with Gasteiger partial charge in [0, 0.05) is 22.7 Å². The zero-order valence-corrected chi connectivity index (χ0v) is 13.1. The van der Waals surface area contributed by atoms with Crippen molar-refractivity contribution < 1.29 is 8.42 Å². The van der Waals surface area contributed by atoms with Gasteiger partial charge in [-0.15, -0.1) is 0 Å². The first-order chi connectivity index (χ1) is 9.40. The number of sulfonamides is 1. The van der Waals surface area contributed by atoms with Gasteiger partial charge in [0.2, 0.25) is 10.0 Å². The maximum atomic E-state index is 11.4. The molecule has 1 aromatic rings. The molecule has 0 radical (unpaired) electrons. The summed E-state index contributed by atoms with van der Waals surface area (Å²) in [6, 6.07) is 5.03. The predicted octanol–water partition coefficient (Wildman–Crippen LogP) is 2.00. The van der Waals surface area contributed by atoms with Crippen LogP contribution in [0.2, 0.25) is 0 Å². The Kier molecular flexibility index (Phi) is 4.82. The number of benzene rings is 1. The van der Waals surface area contributed by atoms with Gasteiger partial charge >= 0.3 is 0 Å². The summed E-state index contributed by atoms with van der Waals surface area (Å²) in [5.41, 5.74) is 6.88. The lowest BCUT2D eigenvalue weighted by atomic mass is 9.94. The fraction of sp³-hybridized carbons (Fsp3) is 0.538. The van der Waals surface area contributed by atoms with Crippen molar-refractivity contribution in [2.45, 2.75) is 41.9 Å². The minimum Gasteiger partial charge on any atom is -0.399 e. The first kappa shape index (κ1) is 15.5. The van der Waals surface area contributed by atoms with Crippen LogP contribution in [0.4, 0.5) is 11.4 Å². The first-order valence-corrected chi connectivity index (χ1v) is 9.46. The summed E-state index contributed by atoms with van der Waals surface area (Å²) in [7, 11) is -3.73. The SMILES string of the molecule is CSC1CCCCC1Nc1cc(N)cc(S(N)(=O)=O)c1. The van der Waals surface area contributed by atoms with Crippen LogP contribution in [0.25, 0.3) is 0 Å². The summed E-state index contributed by atoms with van der Waals surface area (Å²) < 4.78 is 22.9. The Bertz CT molecular complexity index is 575. The molecule has 5 N–H and O–H groups in total. The monoisotopic (exact) mass is 315 g/mol. The third-order valence-corrected chi connectivity index (χ3v) is 5.68. The summed E-state index contributed by atoms with van der Waals surface area (Å²) in [4.78, 5) is 0.0523. The smallest absolute Gasteiger partial charge is 0.238 e. The molecule has 2 atom stereocenters. The van der Waals surface area contributed by atoms with Crippen molar-refractivity contribution in [3.05, 3.63) is 18.2 Å². The van der Waals surface area contributed by atoms with Crippen LogP contribution in [-0.4, -0.2) is 26.0 Å². The largest absolute Gasteiger partial charge is 0.399 e. The van der Waals surface area contributed by atoms with Crippen LogP contribution in [-0.2, 0) is 10.0 Å². The molecule has 1 aliphatic carbocycles. The van der Waals surface area contributed by atoms with Gasteiger partial charge in [0.25, 0.3) is 0 Å². The van der Waals surface area contributed by atoms with Crippen LogP contribution in [0.5, 0.6) is 0 Å². The van der Waals surface area contributed by atoms with Crippen molar-refractivity contribution >= 4 is 33.2 Å². The second-order valence-electron chi connectivity index (χ2n) is 5.15. The number of rotatable bonds is 4. The number of hydrogen-bond donors (Lipinski definition) is 3. The van der Waals surface area contributed by atoms with Crippen molar-refractivity contribution in [3.63, 3.8) is 0 Å². The van der Waals surface area contributed by atoms with Crippen LogP contribution in [0.3, 0.4) is 0 Å². The number of nitrogens with two attached hydrogens (primary N) is 2. The topological polar surface area (TPSA) is 98.2 Å². The molecule has 2 rings (SSSR count). The molecule has 112 valence electrons. The molecule has 1 aromatic carbocycles. The number of nitrogens with one attached hydrogen (secondary N) is 1. The number of hydrogen-bond acceptors (Lipinski definition) is 5. The first-order valence-electron chi connectivity index (χ1n) is 6.63. The van der Waals surface area contributed by atoms with Crippen molar-refractivity contribution in [3.8, 4) is 0 Å². The highest BCUT2D eigenvalue weighted by atomic mass is 32.2. The van der Waals surface area contributed by atoms with E-state index in [0.29, 0.717) is 17.0 Å². The van der Waals surface area contributed by atoms with Gasteiger partial charge in [0.15, 0.2) is 0 Å². The second kappa shape index (κ2) is 6.24. The molecule has 1 fully saturated rings. The van der Waals surface area contributed by atoms with E-state index in [1.807, 2.05) is 11.8 Å². The van der Waals surface area contributed by atoms with Crippen molar-refractivity contribution in [2.24, 2.45) is 5.14 Å². The van der Waals surface area contributed by atoms with Gasteiger partial charge in [-0.25, -0.2) is 13.6 Å². The lowest BCUT2D eigenvalue weighted by molar-refractivity contribution is 0.475. The van der Waals surface area contributed by atoms with E-state index in [4.69, 9.17) is 10.9 Å². The zero-order chi connectivity index (χ0) is 14.8. The standard InChI is InChI=1S/C13H21N3O2S2/c1-19-13-5-3-2-4-12(13)16-10-6-9(14)7-11(8-10)20(15,17)18/h6-8,12-13,16H,2-5,14H2,1H3,(H2,15,17,18). The van der Waals surface area contributed by atoms with E-state index in [2.05, 4.69) is 11.6 Å².